The lowest BCUT2D eigenvalue weighted by Crippen LogP contribution is -2.14. The Kier molecular flexibility index (Phi) is 5.81. The van der Waals surface area contributed by atoms with Crippen molar-refractivity contribution in [2.45, 2.75) is 12.8 Å². The first kappa shape index (κ1) is 17.9. The molecule has 3 rings (SSSR count). The Labute approximate surface area is 156 Å². The Morgan fingerprint density at radius 3 is 2.35 bits per heavy atom. The smallest absolute Gasteiger partial charge is 0.350 e. The van der Waals surface area contributed by atoms with Crippen LogP contribution in [0.3, 0.4) is 0 Å². The van der Waals surface area contributed by atoms with Crippen molar-refractivity contribution in [3.8, 4) is 11.1 Å². The lowest BCUT2D eigenvalue weighted by atomic mass is 10.0. The van der Waals surface area contributed by atoms with Gasteiger partial charge in [-0.1, -0.05) is 54.6 Å². The SMILES string of the molecule is COC(=O)c1sccc1NC(=O)CCc1ccc(-c2ccccc2)cc1. The van der Waals surface area contributed by atoms with Crippen LogP contribution in [0.1, 0.15) is 21.7 Å². The predicted molar refractivity (Wildman–Crippen MR) is 104 cm³/mol. The number of carbonyl (C=O) groups excluding carboxylic acids is 2. The Morgan fingerprint density at radius 1 is 0.962 bits per heavy atom. The Hall–Kier alpha value is -2.92. The number of thiophene rings is 1. The molecular formula is C21H19NO3S. The van der Waals surface area contributed by atoms with Crippen LogP contribution in [-0.2, 0) is 16.0 Å². The molecule has 0 saturated heterocycles. The molecule has 5 heteroatoms. The van der Waals surface area contributed by atoms with E-state index in [1.807, 2.05) is 30.3 Å². The summed E-state index contributed by atoms with van der Waals surface area (Å²) < 4.78 is 4.71. The number of aryl methyl sites for hydroxylation is 1. The lowest BCUT2D eigenvalue weighted by Gasteiger charge is -2.07. The number of esters is 1. The van der Waals surface area contributed by atoms with E-state index in [2.05, 4.69) is 29.6 Å². The highest BCUT2D eigenvalue weighted by Gasteiger charge is 2.15. The van der Waals surface area contributed by atoms with E-state index < -0.39 is 5.97 Å². The molecule has 0 aliphatic rings. The molecule has 1 heterocycles. The van der Waals surface area contributed by atoms with Gasteiger partial charge in [0, 0.05) is 6.42 Å². The second-order valence-corrected chi connectivity index (χ2v) is 6.68. The zero-order valence-electron chi connectivity index (χ0n) is 14.4. The molecule has 0 fully saturated rings. The largest absolute Gasteiger partial charge is 0.465 e. The first-order valence-electron chi connectivity index (χ1n) is 8.27. The van der Waals surface area contributed by atoms with Gasteiger partial charge in [0.25, 0.3) is 0 Å². The number of carbonyl (C=O) groups is 2. The fourth-order valence-corrected chi connectivity index (χ4v) is 3.39. The highest BCUT2D eigenvalue weighted by atomic mass is 32.1. The van der Waals surface area contributed by atoms with Crippen molar-refractivity contribution in [3.05, 3.63) is 76.5 Å². The van der Waals surface area contributed by atoms with E-state index in [-0.39, 0.29) is 5.91 Å². The van der Waals surface area contributed by atoms with Crippen LogP contribution in [0.4, 0.5) is 5.69 Å². The van der Waals surface area contributed by atoms with Crippen LogP contribution < -0.4 is 5.32 Å². The molecule has 4 nitrogen and oxygen atoms in total. The summed E-state index contributed by atoms with van der Waals surface area (Å²) in [5, 5.41) is 4.54. The van der Waals surface area contributed by atoms with Crippen LogP contribution in [0.25, 0.3) is 11.1 Å². The summed E-state index contributed by atoms with van der Waals surface area (Å²) in [5.74, 6) is -0.563. The van der Waals surface area contributed by atoms with Crippen LogP contribution >= 0.6 is 11.3 Å². The number of hydrogen-bond donors (Lipinski definition) is 1. The van der Waals surface area contributed by atoms with E-state index in [4.69, 9.17) is 4.74 Å². The molecular weight excluding hydrogens is 346 g/mol. The van der Waals surface area contributed by atoms with E-state index in [0.717, 1.165) is 11.1 Å². The summed E-state index contributed by atoms with van der Waals surface area (Å²) in [4.78, 5) is 24.2. The fraction of sp³-hybridized carbons (Fsp3) is 0.143. The Bertz CT molecular complexity index is 885. The number of ether oxygens (including phenoxy) is 1. The standard InChI is InChI=1S/C21H19NO3S/c1-25-21(24)20-18(13-14-26-20)22-19(23)12-9-15-7-10-17(11-8-15)16-5-3-2-4-6-16/h2-8,10-11,13-14H,9,12H2,1H3,(H,22,23). The third-order valence-electron chi connectivity index (χ3n) is 4.01. The van der Waals surface area contributed by atoms with E-state index in [9.17, 15) is 9.59 Å². The quantitative estimate of drug-likeness (QED) is 0.640. The molecule has 0 bridgehead atoms. The van der Waals surface area contributed by atoms with Crippen LogP contribution in [0, 0.1) is 0 Å². The van der Waals surface area contributed by atoms with Crippen LogP contribution in [0.5, 0.6) is 0 Å². The monoisotopic (exact) mass is 365 g/mol. The third-order valence-corrected chi connectivity index (χ3v) is 4.91. The molecule has 26 heavy (non-hydrogen) atoms. The molecule has 1 aromatic heterocycles. The normalized spacial score (nSPS) is 10.3. The van der Waals surface area contributed by atoms with Crippen molar-refractivity contribution in [1.82, 2.24) is 0 Å². The highest BCUT2D eigenvalue weighted by molar-refractivity contribution is 7.12. The van der Waals surface area contributed by atoms with Gasteiger partial charge in [-0.25, -0.2) is 4.79 Å². The minimum absolute atomic E-state index is 0.124. The maximum atomic E-state index is 12.2. The predicted octanol–water partition coefficient (Wildman–Crippen LogP) is 4.77. The third kappa shape index (κ3) is 4.37. The molecule has 0 aliphatic heterocycles. The van der Waals surface area contributed by atoms with Crippen LogP contribution in [0.2, 0.25) is 0 Å². The van der Waals surface area contributed by atoms with Gasteiger partial charge in [-0.15, -0.1) is 11.3 Å². The summed E-state index contributed by atoms with van der Waals surface area (Å²) in [6.07, 6.45) is 0.986. The van der Waals surface area contributed by atoms with Gasteiger partial charge in [0.2, 0.25) is 5.91 Å². The Balaban J connectivity index is 1.57. The maximum absolute atomic E-state index is 12.2. The number of rotatable bonds is 6. The van der Waals surface area contributed by atoms with Crippen LogP contribution in [-0.4, -0.2) is 19.0 Å². The van der Waals surface area contributed by atoms with Gasteiger partial charge in [-0.05, 0) is 34.6 Å². The zero-order chi connectivity index (χ0) is 18.4. The topological polar surface area (TPSA) is 55.4 Å². The Morgan fingerprint density at radius 2 is 1.65 bits per heavy atom. The van der Waals surface area contributed by atoms with Gasteiger partial charge in [-0.3, -0.25) is 4.79 Å². The number of methoxy groups -OCH3 is 1. The summed E-state index contributed by atoms with van der Waals surface area (Å²) in [6, 6.07) is 20.1. The minimum Gasteiger partial charge on any atom is -0.465 e. The van der Waals surface area contributed by atoms with Gasteiger partial charge in [0.1, 0.15) is 4.88 Å². The van der Waals surface area contributed by atoms with Crippen molar-refractivity contribution in [3.63, 3.8) is 0 Å². The van der Waals surface area contributed by atoms with E-state index >= 15 is 0 Å². The highest BCUT2D eigenvalue weighted by Crippen LogP contribution is 2.24. The van der Waals surface area contributed by atoms with E-state index in [1.54, 1.807) is 11.4 Å². The average molecular weight is 365 g/mol. The summed E-state index contributed by atoms with van der Waals surface area (Å²) in [5.41, 5.74) is 3.93. The molecule has 2 aromatic carbocycles. The molecule has 0 spiro atoms. The second-order valence-electron chi connectivity index (χ2n) is 5.77. The molecule has 3 aromatic rings. The molecule has 0 radical (unpaired) electrons. The molecule has 0 saturated carbocycles. The van der Waals surface area contributed by atoms with Crippen molar-refractivity contribution in [2.75, 3.05) is 12.4 Å². The van der Waals surface area contributed by atoms with Crippen molar-refractivity contribution in [2.24, 2.45) is 0 Å². The van der Waals surface area contributed by atoms with E-state index in [0.29, 0.717) is 23.4 Å². The number of nitrogens with one attached hydrogen (secondary N) is 1. The molecule has 1 amide bonds. The van der Waals surface area contributed by atoms with Gasteiger partial charge < -0.3 is 10.1 Å². The summed E-state index contributed by atoms with van der Waals surface area (Å²) in [6.45, 7) is 0. The van der Waals surface area contributed by atoms with Gasteiger partial charge in [-0.2, -0.15) is 0 Å². The fourth-order valence-electron chi connectivity index (χ4n) is 2.62. The molecule has 0 atom stereocenters. The first-order valence-corrected chi connectivity index (χ1v) is 9.15. The summed E-state index contributed by atoms with van der Waals surface area (Å²) in [7, 11) is 1.33. The molecule has 132 valence electrons. The van der Waals surface area contributed by atoms with Gasteiger partial charge in [0.05, 0.1) is 12.8 Å². The summed E-state index contributed by atoms with van der Waals surface area (Å²) >= 11 is 1.25. The number of amides is 1. The second kappa shape index (κ2) is 8.45. The molecule has 1 N–H and O–H groups in total. The minimum atomic E-state index is -0.438. The molecule has 0 aliphatic carbocycles. The first-order chi connectivity index (χ1) is 12.7. The van der Waals surface area contributed by atoms with Gasteiger partial charge in [0.15, 0.2) is 0 Å². The van der Waals surface area contributed by atoms with Crippen molar-refractivity contribution in [1.29, 1.82) is 0 Å². The maximum Gasteiger partial charge on any atom is 0.350 e. The number of benzene rings is 2. The average Bonchev–Trinajstić information content (AvgIpc) is 3.15. The lowest BCUT2D eigenvalue weighted by molar-refractivity contribution is -0.116. The van der Waals surface area contributed by atoms with Gasteiger partial charge >= 0.3 is 5.97 Å². The van der Waals surface area contributed by atoms with Crippen molar-refractivity contribution >= 4 is 28.9 Å². The molecule has 0 unspecified atom stereocenters. The number of hydrogen-bond acceptors (Lipinski definition) is 4. The van der Waals surface area contributed by atoms with E-state index in [1.165, 1.54) is 24.0 Å². The number of anilines is 1. The van der Waals surface area contributed by atoms with Crippen LogP contribution in [0.15, 0.2) is 66.0 Å². The zero-order valence-corrected chi connectivity index (χ0v) is 15.2. The van der Waals surface area contributed by atoms with Crippen molar-refractivity contribution < 1.29 is 14.3 Å².